The van der Waals surface area contributed by atoms with Gasteiger partial charge in [0.2, 0.25) is 5.78 Å². The molecule has 1 aromatic rings. The van der Waals surface area contributed by atoms with E-state index in [1.165, 1.54) is 12.1 Å². The zero-order valence-electron chi connectivity index (χ0n) is 10.1. The third kappa shape index (κ3) is 3.53. The summed E-state index contributed by atoms with van der Waals surface area (Å²) in [6, 6.07) is 7.63. The molecule has 1 aromatic carbocycles. The van der Waals surface area contributed by atoms with Crippen LogP contribution in [0.2, 0.25) is 0 Å². The lowest BCUT2D eigenvalue weighted by Gasteiger charge is -2.26. The number of allylic oxidation sites excluding steroid dienone is 1. The maximum atomic E-state index is 12.9. The minimum atomic E-state index is -6.53. The van der Waals surface area contributed by atoms with Gasteiger partial charge in [-0.05, 0) is 12.1 Å². The van der Waals surface area contributed by atoms with Gasteiger partial charge < -0.3 is 5.32 Å². The first-order chi connectivity index (χ1) is 9.50. The summed E-state index contributed by atoms with van der Waals surface area (Å²) in [6.07, 6.45) is -6.06. The molecule has 1 rings (SSSR count). The number of hydrogen-bond acceptors (Lipinski definition) is 2. The molecule has 9 heteroatoms. The summed E-state index contributed by atoms with van der Waals surface area (Å²) < 4.78 is 86.5. The molecule has 1 N–H and O–H groups in total. The Labute approximate surface area is 114 Å². The second-order valence-corrected chi connectivity index (χ2v) is 3.85. The molecular weight excluding hydrogens is 307 g/mol. The van der Waals surface area contributed by atoms with Crippen molar-refractivity contribution in [3.05, 3.63) is 42.6 Å². The number of benzene rings is 1. The molecule has 0 radical (unpaired) electrons. The zero-order valence-corrected chi connectivity index (χ0v) is 10.1. The normalized spacial score (nSPS) is 13.5. The molecule has 0 fully saturated rings. The number of ketones is 1. The number of nitrogens with one attached hydrogen (secondary N) is 1. The van der Waals surface area contributed by atoms with Gasteiger partial charge in [0.05, 0.1) is 0 Å². The molecular formula is C12H8F7NO. The number of para-hydroxylation sites is 1. The Bertz CT molecular complexity index is 522. The summed E-state index contributed by atoms with van der Waals surface area (Å²) in [5.41, 5.74) is 0.326. The summed E-state index contributed by atoms with van der Waals surface area (Å²) >= 11 is 0. The van der Waals surface area contributed by atoms with E-state index < -0.39 is 23.8 Å². The molecule has 0 amide bonds. The predicted molar refractivity (Wildman–Crippen MR) is 60.2 cm³/mol. The summed E-state index contributed by atoms with van der Waals surface area (Å²) in [7, 11) is 0. The Morgan fingerprint density at radius 3 is 1.95 bits per heavy atom. The van der Waals surface area contributed by atoms with Crippen molar-refractivity contribution in [2.75, 3.05) is 5.32 Å². The number of alkyl halides is 7. The zero-order chi connectivity index (χ0) is 16.3. The van der Waals surface area contributed by atoms with E-state index >= 15 is 0 Å². The molecule has 21 heavy (non-hydrogen) atoms. The van der Waals surface area contributed by atoms with E-state index in [1.807, 2.05) is 0 Å². The number of anilines is 1. The van der Waals surface area contributed by atoms with E-state index in [0.29, 0.717) is 11.9 Å². The van der Waals surface area contributed by atoms with Crippen molar-refractivity contribution in [3.8, 4) is 0 Å². The van der Waals surface area contributed by atoms with Gasteiger partial charge >= 0.3 is 18.0 Å². The molecule has 0 bridgehead atoms. The van der Waals surface area contributed by atoms with Gasteiger partial charge in [0.15, 0.2) is 0 Å². The molecule has 0 aliphatic rings. The van der Waals surface area contributed by atoms with Gasteiger partial charge in [-0.1, -0.05) is 18.2 Å². The van der Waals surface area contributed by atoms with Crippen LogP contribution in [0.1, 0.15) is 0 Å². The first-order valence-corrected chi connectivity index (χ1v) is 5.35. The summed E-state index contributed by atoms with van der Waals surface area (Å²) in [5, 5.41) is 2.28. The Kier molecular flexibility index (Phi) is 4.65. The topological polar surface area (TPSA) is 29.1 Å². The quantitative estimate of drug-likeness (QED) is 0.657. The van der Waals surface area contributed by atoms with Crippen molar-refractivity contribution in [1.29, 1.82) is 0 Å². The highest BCUT2D eigenvalue weighted by atomic mass is 19.4. The Hall–Kier alpha value is -2.06. The molecule has 116 valence electrons. The van der Waals surface area contributed by atoms with Crippen LogP contribution < -0.4 is 5.32 Å². The first-order valence-electron chi connectivity index (χ1n) is 5.35. The van der Waals surface area contributed by atoms with E-state index in [9.17, 15) is 35.5 Å². The molecule has 0 heterocycles. The van der Waals surface area contributed by atoms with Gasteiger partial charge in [0, 0.05) is 18.0 Å². The van der Waals surface area contributed by atoms with Crippen molar-refractivity contribution in [2.24, 2.45) is 0 Å². The van der Waals surface area contributed by atoms with Gasteiger partial charge in [-0.15, -0.1) is 0 Å². The first kappa shape index (κ1) is 17.0. The van der Waals surface area contributed by atoms with Crippen LogP contribution in [0.15, 0.2) is 42.6 Å². The number of hydrogen-bond donors (Lipinski definition) is 1. The minimum Gasteiger partial charge on any atom is -0.362 e. The van der Waals surface area contributed by atoms with Crippen LogP contribution in [0.3, 0.4) is 0 Å². The molecule has 0 atom stereocenters. The van der Waals surface area contributed by atoms with Crippen LogP contribution in [-0.2, 0) is 4.79 Å². The number of halogens is 7. The largest absolute Gasteiger partial charge is 0.460 e. The Morgan fingerprint density at radius 2 is 1.48 bits per heavy atom. The third-order valence-electron chi connectivity index (χ3n) is 2.32. The lowest BCUT2D eigenvalue weighted by Crippen LogP contribution is -2.55. The molecule has 0 saturated carbocycles. The van der Waals surface area contributed by atoms with Crippen LogP contribution in [0.5, 0.6) is 0 Å². The van der Waals surface area contributed by atoms with Crippen molar-refractivity contribution in [3.63, 3.8) is 0 Å². The molecule has 0 saturated heterocycles. The number of carbonyl (C=O) groups excluding carboxylic acids is 1. The van der Waals surface area contributed by atoms with Gasteiger partial charge in [-0.25, -0.2) is 0 Å². The van der Waals surface area contributed by atoms with E-state index in [4.69, 9.17) is 0 Å². The van der Waals surface area contributed by atoms with Gasteiger partial charge in [-0.2, -0.15) is 30.7 Å². The van der Waals surface area contributed by atoms with E-state index in [1.54, 1.807) is 18.2 Å². The minimum absolute atomic E-state index is 0.0767. The fraction of sp³-hybridized carbons (Fsp3) is 0.250. The molecule has 0 spiro atoms. The summed E-state index contributed by atoms with van der Waals surface area (Å²) in [4.78, 5) is 10.9. The smallest absolute Gasteiger partial charge is 0.362 e. The maximum absolute atomic E-state index is 12.9. The molecule has 0 aromatic heterocycles. The Morgan fingerprint density at radius 1 is 0.952 bits per heavy atom. The van der Waals surface area contributed by atoms with Crippen LogP contribution in [0.4, 0.5) is 36.4 Å². The van der Waals surface area contributed by atoms with Gasteiger partial charge in [0.1, 0.15) is 0 Å². The van der Waals surface area contributed by atoms with Crippen LogP contribution in [0.25, 0.3) is 0 Å². The van der Waals surface area contributed by atoms with Crippen molar-refractivity contribution in [2.45, 2.75) is 18.0 Å². The lowest BCUT2D eigenvalue weighted by molar-refractivity contribution is -0.342. The summed E-state index contributed by atoms with van der Waals surface area (Å²) in [5.74, 6) is -15.0. The standard InChI is InChI=1S/C12H8F7NO/c13-10(14,11(15,16)12(17,18)19)9(21)6-7-20-8-4-2-1-3-5-8/h1-7,20H. The molecule has 0 aliphatic carbocycles. The fourth-order valence-corrected chi connectivity index (χ4v) is 1.19. The third-order valence-corrected chi connectivity index (χ3v) is 2.32. The average molecular weight is 315 g/mol. The molecule has 0 unspecified atom stereocenters. The fourth-order valence-electron chi connectivity index (χ4n) is 1.19. The van der Waals surface area contributed by atoms with Crippen molar-refractivity contribution >= 4 is 11.5 Å². The SMILES string of the molecule is O=C(C=CNc1ccccc1)C(F)(F)C(F)(F)C(F)(F)F. The highest BCUT2D eigenvalue weighted by molar-refractivity contribution is 5.96. The number of carbonyl (C=O) groups is 1. The molecule has 2 nitrogen and oxygen atoms in total. The summed E-state index contributed by atoms with van der Waals surface area (Å²) in [6.45, 7) is 0. The monoisotopic (exact) mass is 315 g/mol. The Balaban J connectivity index is 2.83. The van der Waals surface area contributed by atoms with E-state index in [-0.39, 0.29) is 6.08 Å². The maximum Gasteiger partial charge on any atom is 0.460 e. The predicted octanol–water partition coefficient (Wildman–Crippen LogP) is 4.01. The van der Waals surface area contributed by atoms with Crippen molar-refractivity contribution in [1.82, 2.24) is 0 Å². The van der Waals surface area contributed by atoms with Crippen LogP contribution in [0, 0.1) is 0 Å². The second kappa shape index (κ2) is 5.74. The van der Waals surface area contributed by atoms with Crippen LogP contribution >= 0.6 is 0 Å². The highest BCUT2D eigenvalue weighted by Crippen LogP contribution is 2.46. The van der Waals surface area contributed by atoms with Gasteiger partial charge in [0.25, 0.3) is 0 Å². The lowest BCUT2D eigenvalue weighted by atomic mass is 10.1. The van der Waals surface area contributed by atoms with E-state index in [0.717, 1.165) is 0 Å². The van der Waals surface area contributed by atoms with Gasteiger partial charge in [-0.3, -0.25) is 4.79 Å². The van der Waals surface area contributed by atoms with E-state index in [2.05, 4.69) is 5.32 Å². The van der Waals surface area contributed by atoms with Crippen molar-refractivity contribution < 1.29 is 35.5 Å². The highest BCUT2D eigenvalue weighted by Gasteiger charge is 2.75. The average Bonchev–Trinajstić information content (AvgIpc) is 2.38. The van der Waals surface area contributed by atoms with Crippen LogP contribution in [-0.4, -0.2) is 23.8 Å². The number of rotatable bonds is 5. The second-order valence-electron chi connectivity index (χ2n) is 3.85. The molecule has 0 aliphatic heterocycles.